The van der Waals surface area contributed by atoms with E-state index in [9.17, 15) is 14.9 Å². The zero-order chi connectivity index (χ0) is 15.1. The van der Waals surface area contributed by atoms with E-state index >= 15 is 0 Å². The van der Waals surface area contributed by atoms with Gasteiger partial charge in [-0.2, -0.15) is 5.10 Å². The molecule has 1 aromatic heterocycles. The van der Waals surface area contributed by atoms with Crippen LogP contribution in [0.1, 0.15) is 32.4 Å². The van der Waals surface area contributed by atoms with Crippen molar-refractivity contribution in [3.63, 3.8) is 0 Å². The van der Waals surface area contributed by atoms with Crippen LogP contribution in [-0.4, -0.2) is 33.7 Å². The molecule has 0 unspecified atom stereocenters. The van der Waals surface area contributed by atoms with Crippen molar-refractivity contribution in [2.45, 2.75) is 40.2 Å². The molecular formula is C12H21N5O3. The lowest BCUT2D eigenvalue weighted by Gasteiger charge is -2.08. The summed E-state index contributed by atoms with van der Waals surface area (Å²) < 4.78 is 1.54. The van der Waals surface area contributed by atoms with Crippen LogP contribution in [0.3, 0.4) is 0 Å². The first kappa shape index (κ1) is 15.9. The van der Waals surface area contributed by atoms with Gasteiger partial charge in [-0.25, -0.2) is 4.68 Å². The number of carbonyl (C=O) groups is 1. The maximum atomic E-state index is 11.5. The molecular weight excluding hydrogens is 262 g/mol. The van der Waals surface area contributed by atoms with Crippen molar-refractivity contribution in [1.29, 1.82) is 0 Å². The second-order valence-corrected chi connectivity index (χ2v) is 4.38. The van der Waals surface area contributed by atoms with E-state index in [2.05, 4.69) is 15.7 Å². The molecule has 1 rings (SSSR count). The maximum Gasteiger partial charge on any atom is 0.333 e. The van der Waals surface area contributed by atoms with Gasteiger partial charge in [-0.1, -0.05) is 6.92 Å². The molecule has 0 saturated carbocycles. The minimum absolute atomic E-state index is 0.0270. The van der Waals surface area contributed by atoms with Crippen LogP contribution in [0, 0.1) is 17.0 Å². The number of aromatic nitrogens is 2. The van der Waals surface area contributed by atoms with E-state index in [0.29, 0.717) is 31.1 Å². The fourth-order valence-electron chi connectivity index (χ4n) is 1.84. The van der Waals surface area contributed by atoms with Crippen LogP contribution in [0.4, 0.5) is 11.5 Å². The summed E-state index contributed by atoms with van der Waals surface area (Å²) in [6.45, 7) is 6.94. The Labute approximate surface area is 117 Å². The minimum atomic E-state index is -0.450. The zero-order valence-corrected chi connectivity index (χ0v) is 12.1. The number of rotatable bonds is 8. The zero-order valence-electron chi connectivity index (χ0n) is 12.1. The number of hydrogen-bond acceptors (Lipinski definition) is 5. The number of aryl methyl sites for hydroxylation is 2. The molecule has 1 heterocycles. The van der Waals surface area contributed by atoms with E-state index in [-0.39, 0.29) is 18.0 Å². The Morgan fingerprint density at radius 2 is 2.10 bits per heavy atom. The molecule has 0 atom stereocenters. The standard InChI is InChI=1S/C12H21N5O3/c1-4-7-13-10(18)6-8-14-12-11(17(19)20)9(3)15-16(12)5-2/h14H,4-8H2,1-3H3,(H,13,18). The maximum absolute atomic E-state index is 11.5. The van der Waals surface area contributed by atoms with Crippen LogP contribution in [0.15, 0.2) is 0 Å². The van der Waals surface area contributed by atoms with Crippen LogP contribution in [0.2, 0.25) is 0 Å². The molecule has 0 aromatic carbocycles. The van der Waals surface area contributed by atoms with Crippen molar-refractivity contribution >= 4 is 17.4 Å². The number of nitrogens with one attached hydrogen (secondary N) is 2. The SMILES string of the molecule is CCCNC(=O)CCNc1c([N+](=O)[O-])c(C)nn1CC. The Balaban J connectivity index is 2.67. The van der Waals surface area contributed by atoms with E-state index in [0.717, 1.165) is 6.42 Å². The van der Waals surface area contributed by atoms with Crippen molar-refractivity contribution in [2.24, 2.45) is 0 Å². The predicted octanol–water partition coefficient (Wildman–Crippen LogP) is 1.45. The normalized spacial score (nSPS) is 10.3. The molecule has 1 amide bonds. The van der Waals surface area contributed by atoms with Gasteiger partial charge in [0, 0.05) is 26.1 Å². The third kappa shape index (κ3) is 3.94. The summed E-state index contributed by atoms with van der Waals surface area (Å²) in [5.41, 5.74) is 0.343. The molecule has 0 bridgehead atoms. The molecule has 0 aliphatic rings. The summed E-state index contributed by atoms with van der Waals surface area (Å²) in [6, 6.07) is 0. The highest BCUT2D eigenvalue weighted by Crippen LogP contribution is 2.27. The highest BCUT2D eigenvalue weighted by molar-refractivity contribution is 5.76. The van der Waals surface area contributed by atoms with Crippen LogP contribution < -0.4 is 10.6 Å². The van der Waals surface area contributed by atoms with E-state index in [4.69, 9.17) is 0 Å². The first-order chi connectivity index (χ1) is 9.51. The summed E-state index contributed by atoms with van der Waals surface area (Å²) in [7, 11) is 0. The number of amides is 1. The first-order valence-corrected chi connectivity index (χ1v) is 6.73. The fraction of sp³-hybridized carbons (Fsp3) is 0.667. The summed E-state index contributed by atoms with van der Waals surface area (Å²) in [4.78, 5) is 22.1. The second-order valence-electron chi connectivity index (χ2n) is 4.38. The van der Waals surface area contributed by atoms with Gasteiger partial charge in [-0.05, 0) is 20.3 Å². The van der Waals surface area contributed by atoms with Gasteiger partial charge in [0.1, 0.15) is 5.69 Å². The average molecular weight is 283 g/mol. The van der Waals surface area contributed by atoms with E-state index in [1.807, 2.05) is 13.8 Å². The summed E-state index contributed by atoms with van der Waals surface area (Å²) >= 11 is 0. The highest BCUT2D eigenvalue weighted by atomic mass is 16.6. The van der Waals surface area contributed by atoms with Crippen LogP contribution in [0.25, 0.3) is 0 Å². The van der Waals surface area contributed by atoms with Gasteiger partial charge < -0.3 is 10.6 Å². The lowest BCUT2D eigenvalue weighted by atomic mass is 10.3. The molecule has 0 fully saturated rings. The molecule has 0 aliphatic heterocycles. The molecule has 1 aromatic rings. The second kappa shape index (κ2) is 7.46. The molecule has 0 spiro atoms. The van der Waals surface area contributed by atoms with Gasteiger partial charge in [-0.15, -0.1) is 0 Å². The molecule has 0 aliphatic carbocycles. The topological polar surface area (TPSA) is 102 Å². The summed E-state index contributed by atoms with van der Waals surface area (Å²) in [5, 5.41) is 20.8. The van der Waals surface area contributed by atoms with Crippen molar-refractivity contribution in [3.05, 3.63) is 15.8 Å². The van der Waals surface area contributed by atoms with Crippen molar-refractivity contribution in [2.75, 3.05) is 18.4 Å². The van der Waals surface area contributed by atoms with Crippen LogP contribution in [0.5, 0.6) is 0 Å². The Kier molecular flexibility index (Phi) is 5.95. The van der Waals surface area contributed by atoms with E-state index in [1.165, 1.54) is 4.68 Å². The number of carbonyl (C=O) groups excluding carboxylic acids is 1. The third-order valence-electron chi connectivity index (χ3n) is 2.79. The molecule has 112 valence electrons. The fourth-order valence-corrected chi connectivity index (χ4v) is 1.84. The van der Waals surface area contributed by atoms with Gasteiger partial charge in [0.25, 0.3) is 0 Å². The molecule has 8 heteroatoms. The molecule has 2 N–H and O–H groups in total. The summed E-state index contributed by atoms with van der Waals surface area (Å²) in [5.74, 6) is 0.291. The van der Waals surface area contributed by atoms with Gasteiger partial charge in [-0.3, -0.25) is 14.9 Å². The number of nitro groups is 1. The average Bonchev–Trinajstić information content (AvgIpc) is 2.72. The minimum Gasteiger partial charge on any atom is -0.364 e. The number of anilines is 1. The van der Waals surface area contributed by atoms with E-state index < -0.39 is 4.92 Å². The van der Waals surface area contributed by atoms with Crippen molar-refractivity contribution in [1.82, 2.24) is 15.1 Å². The van der Waals surface area contributed by atoms with Crippen LogP contribution in [-0.2, 0) is 11.3 Å². The van der Waals surface area contributed by atoms with Crippen molar-refractivity contribution in [3.8, 4) is 0 Å². The Morgan fingerprint density at radius 3 is 2.65 bits per heavy atom. The van der Waals surface area contributed by atoms with Gasteiger partial charge >= 0.3 is 5.69 Å². The number of hydrogen-bond donors (Lipinski definition) is 2. The molecule has 0 saturated heterocycles. The van der Waals surface area contributed by atoms with Gasteiger partial charge in [0.15, 0.2) is 0 Å². The van der Waals surface area contributed by atoms with Gasteiger partial charge in [0.05, 0.1) is 4.92 Å². The molecule has 0 radical (unpaired) electrons. The van der Waals surface area contributed by atoms with Crippen molar-refractivity contribution < 1.29 is 9.72 Å². The van der Waals surface area contributed by atoms with Gasteiger partial charge in [0.2, 0.25) is 11.7 Å². The highest BCUT2D eigenvalue weighted by Gasteiger charge is 2.24. The smallest absolute Gasteiger partial charge is 0.333 e. The monoisotopic (exact) mass is 283 g/mol. The Hall–Kier alpha value is -2.12. The molecule has 20 heavy (non-hydrogen) atoms. The predicted molar refractivity (Wildman–Crippen MR) is 75.7 cm³/mol. The Morgan fingerprint density at radius 1 is 1.40 bits per heavy atom. The molecule has 8 nitrogen and oxygen atoms in total. The largest absolute Gasteiger partial charge is 0.364 e. The quantitative estimate of drug-likeness (QED) is 0.555. The Bertz CT molecular complexity index is 484. The first-order valence-electron chi connectivity index (χ1n) is 6.73. The van der Waals surface area contributed by atoms with E-state index in [1.54, 1.807) is 6.92 Å². The van der Waals surface area contributed by atoms with Crippen LogP contribution >= 0.6 is 0 Å². The number of nitrogens with zero attached hydrogens (tertiary/aromatic N) is 3. The third-order valence-corrected chi connectivity index (χ3v) is 2.79. The lowest BCUT2D eigenvalue weighted by molar-refractivity contribution is -0.384. The lowest BCUT2D eigenvalue weighted by Crippen LogP contribution is -2.26. The summed E-state index contributed by atoms with van der Waals surface area (Å²) in [6.07, 6.45) is 1.15.